The Bertz CT molecular complexity index is 773. The zero-order valence-electron chi connectivity index (χ0n) is 15.9. The predicted molar refractivity (Wildman–Crippen MR) is 98.2 cm³/mol. The van der Waals surface area contributed by atoms with Gasteiger partial charge in [-0.15, -0.1) is 0 Å². The van der Waals surface area contributed by atoms with Crippen LogP contribution in [0.5, 0.6) is 0 Å². The molecule has 1 aliphatic carbocycles. The van der Waals surface area contributed by atoms with Gasteiger partial charge in [-0.2, -0.15) is 0 Å². The highest BCUT2D eigenvalue weighted by atomic mass is 32.2. The topological polar surface area (TPSA) is 133 Å². The van der Waals surface area contributed by atoms with Crippen molar-refractivity contribution in [1.82, 2.24) is 19.8 Å². The molecule has 4 amide bonds. The summed E-state index contributed by atoms with van der Waals surface area (Å²) < 4.78 is 25.3. The molecule has 3 saturated heterocycles. The molecule has 2 bridgehead atoms. The van der Waals surface area contributed by atoms with Crippen molar-refractivity contribution in [2.24, 2.45) is 5.92 Å². The van der Waals surface area contributed by atoms with E-state index in [1.165, 1.54) is 7.05 Å². The van der Waals surface area contributed by atoms with Crippen LogP contribution in [0, 0.1) is 5.92 Å². The molecular weight excluding hydrogens is 388 g/mol. The molecule has 28 heavy (non-hydrogen) atoms. The monoisotopic (exact) mass is 414 g/mol. The summed E-state index contributed by atoms with van der Waals surface area (Å²) in [6, 6.07) is 0. The Morgan fingerprint density at radius 2 is 1.79 bits per heavy atom. The lowest BCUT2D eigenvalue weighted by Crippen LogP contribution is -2.56. The van der Waals surface area contributed by atoms with E-state index in [1.807, 2.05) is 0 Å². The number of sulfonamides is 1. The van der Waals surface area contributed by atoms with Crippen molar-refractivity contribution in [3.05, 3.63) is 0 Å². The fraction of sp³-hybridized carbons (Fsp3) is 0.765. The molecule has 0 aromatic rings. The molecule has 4 aliphatic rings. The van der Waals surface area contributed by atoms with Crippen LogP contribution in [0.1, 0.15) is 38.5 Å². The number of nitrogens with one attached hydrogen (secondary N) is 2. The molecule has 0 atom stereocenters. The summed E-state index contributed by atoms with van der Waals surface area (Å²) in [6.07, 6.45) is 1.93. The van der Waals surface area contributed by atoms with Gasteiger partial charge in [0.1, 0.15) is 0 Å². The molecule has 0 spiro atoms. The molecule has 10 nitrogen and oxygen atoms in total. The Hall–Kier alpha value is -2.01. The Morgan fingerprint density at radius 1 is 1.14 bits per heavy atom. The van der Waals surface area contributed by atoms with Crippen LogP contribution in [0.25, 0.3) is 0 Å². The first-order chi connectivity index (χ1) is 13.2. The van der Waals surface area contributed by atoms with Crippen LogP contribution in [-0.4, -0.2) is 79.8 Å². The van der Waals surface area contributed by atoms with Crippen molar-refractivity contribution in [2.75, 3.05) is 32.4 Å². The summed E-state index contributed by atoms with van der Waals surface area (Å²) in [6.45, 7) is 0.962. The molecule has 0 aromatic carbocycles. The van der Waals surface area contributed by atoms with E-state index in [9.17, 15) is 27.6 Å². The first-order valence-corrected chi connectivity index (χ1v) is 11.1. The molecule has 0 radical (unpaired) electrons. The lowest BCUT2D eigenvalue weighted by molar-refractivity contribution is -0.139. The van der Waals surface area contributed by atoms with E-state index < -0.39 is 15.6 Å². The van der Waals surface area contributed by atoms with Gasteiger partial charge in [0, 0.05) is 45.3 Å². The van der Waals surface area contributed by atoms with E-state index in [0.717, 1.165) is 17.7 Å². The fourth-order valence-corrected chi connectivity index (χ4v) is 4.97. The summed E-state index contributed by atoms with van der Waals surface area (Å²) in [4.78, 5) is 50.6. The smallest absolute Gasteiger partial charge is 0.229 e. The number of carbonyl (C=O) groups excluding carboxylic acids is 4. The Kier molecular flexibility index (Phi) is 5.76. The average molecular weight is 414 g/mol. The van der Waals surface area contributed by atoms with Crippen molar-refractivity contribution < 1.29 is 27.6 Å². The Morgan fingerprint density at radius 3 is 2.39 bits per heavy atom. The summed E-state index contributed by atoms with van der Waals surface area (Å²) in [7, 11) is -2.13. The van der Waals surface area contributed by atoms with E-state index in [-0.39, 0.29) is 61.6 Å². The first kappa shape index (κ1) is 20.7. The highest BCUT2D eigenvalue weighted by Gasteiger charge is 2.57. The van der Waals surface area contributed by atoms with Crippen molar-refractivity contribution in [3.63, 3.8) is 0 Å². The van der Waals surface area contributed by atoms with Gasteiger partial charge < -0.3 is 10.2 Å². The van der Waals surface area contributed by atoms with Gasteiger partial charge in [-0.25, -0.2) is 13.1 Å². The second-order valence-electron chi connectivity index (χ2n) is 7.74. The third kappa shape index (κ3) is 4.19. The molecule has 3 heterocycles. The van der Waals surface area contributed by atoms with Crippen LogP contribution >= 0.6 is 0 Å². The second-order valence-corrected chi connectivity index (χ2v) is 9.79. The second kappa shape index (κ2) is 7.78. The summed E-state index contributed by atoms with van der Waals surface area (Å²) in [5.41, 5.74) is -0.444. The summed E-state index contributed by atoms with van der Waals surface area (Å²) >= 11 is 0. The fourth-order valence-electron chi connectivity index (χ4n) is 4.32. The largest absolute Gasteiger partial charge is 0.354 e. The molecule has 4 rings (SSSR count). The van der Waals surface area contributed by atoms with Crippen molar-refractivity contribution in [3.8, 4) is 0 Å². The molecule has 4 fully saturated rings. The normalized spacial score (nSPS) is 26.5. The minimum absolute atomic E-state index is 0.0331. The van der Waals surface area contributed by atoms with E-state index in [1.54, 1.807) is 4.90 Å². The lowest BCUT2D eigenvalue weighted by Gasteiger charge is -2.42. The zero-order chi connectivity index (χ0) is 20.5. The number of nitrogens with zero attached hydrogens (tertiary/aromatic N) is 2. The van der Waals surface area contributed by atoms with Crippen molar-refractivity contribution in [2.45, 2.75) is 44.1 Å². The SMILES string of the molecule is CNS(=O)(=O)CCC(=O)N1CC2CC1(CNC(=O)CCN1C(=O)CCC1=O)C2. The molecule has 156 valence electrons. The van der Waals surface area contributed by atoms with Gasteiger partial charge >= 0.3 is 0 Å². The van der Waals surface area contributed by atoms with Gasteiger partial charge in [0.2, 0.25) is 33.7 Å². The number of amides is 4. The zero-order valence-corrected chi connectivity index (χ0v) is 16.7. The maximum absolute atomic E-state index is 12.5. The average Bonchev–Trinajstić information content (AvgIpc) is 3.28. The number of hydrogen-bond donors (Lipinski definition) is 2. The van der Waals surface area contributed by atoms with Gasteiger partial charge in [-0.1, -0.05) is 0 Å². The minimum Gasteiger partial charge on any atom is -0.354 e. The standard InChI is InChI=1S/C17H26N4O6S/c1-18-28(26,27)7-5-16(25)21-10-12-8-17(21,9-12)11-19-13(22)4-6-20-14(23)2-3-15(20)24/h12,18H,2-11H2,1H3,(H,19,22). The van der Waals surface area contributed by atoms with Gasteiger partial charge in [-0.3, -0.25) is 24.1 Å². The van der Waals surface area contributed by atoms with Crippen LogP contribution < -0.4 is 10.0 Å². The quantitative estimate of drug-likeness (QED) is 0.445. The number of rotatable bonds is 9. The highest BCUT2D eigenvalue weighted by molar-refractivity contribution is 7.89. The Balaban J connectivity index is 1.48. The van der Waals surface area contributed by atoms with Gasteiger partial charge in [0.25, 0.3) is 0 Å². The maximum atomic E-state index is 12.5. The van der Waals surface area contributed by atoms with Crippen molar-refractivity contribution >= 4 is 33.7 Å². The van der Waals surface area contributed by atoms with Crippen molar-refractivity contribution in [1.29, 1.82) is 0 Å². The Labute approximate surface area is 164 Å². The van der Waals surface area contributed by atoms with E-state index in [4.69, 9.17) is 0 Å². The maximum Gasteiger partial charge on any atom is 0.229 e. The van der Waals surface area contributed by atoms with Crippen LogP contribution in [0.4, 0.5) is 0 Å². The number of fused-ring (bicyclic) bond motifs is 1. The van der Waals surface area contributed by atoms with E-state index in [0.29, 0.717) is 19.0 Å². The van der Waals surface area contributed by atoms with Gasteiger partial charge in [0.05, 0.1) is 11.3 Å². The number of hydrogen-bond acceptors (Lipinski definition) is 6. The highest BCUT2D eigenvalue weighted by Crippen LogP contribution is 2.50. The van der Waals surface area contributed by atoms with Gasteiger partial charge in [-0.05, 0) is 25.8 Å². The minimum atomic E-state index is -3.44. The summed E-state index contributed by atoms with van der Waals surface area (Å²) in [5, 5.41) is 2.81. The number of imide groups is 1. The van der Waals surface area contributed by atoms with Crippen LogP contribution in [0.2, 0.25) is 0 Å². The predicted octanol–water partition coefficient (Wildman–Crippen LogP) is -1.43. The van der Waals surface area contributed by atoms with E-state index >= 15 is 0 Å². The third-order valence-electron chi connectivity index (χ3n) is 5.88. The van der Waals surface area contributed by atoms with Crippen LogP contribution in [0.15, 0.2) is 0 Å². The molecule has 11 heteroatoms. The third-order valence-corrected chi connectivity index (χ3v) is 7.24. The lowest BCUT2D eigenvalue weighted by atomic mass is 9.73. The van der Waals surface area contributed by atoms with Crippen LogP contribution in [0.3, 0.4) is 0 Å². The number of carbonyl (C=O) groups is 4. The number of likely N-dealkylation sites (tertiary alicyclic amines) is 1. The molecular formula is C17H26N4O6S. The first-order valence-electron chi connectivity index (χ1n) is 9.47. The summed E-state index contributed by atoms with van der Waals surface area (Å²) in [5.74, 6) is -0.862. The molecule has 1 saturated carbocycles. The van der Waals surface area contributed by atoms with Crippen LogP contribution in [-0.2, 0) is 29.2 Å². The van der Waals surface area contributed by atoms with E-state index in [2.05, 4.69) is 10.0 Å². The van der Waals surface area contributed by atoms with Gasteiger partial charge in [0.15, 0.2) is 0 Å². The molecule has 2 N–H and O–H groups in total. The molecule has 0 unspecified atom stereocenters. The molecule has 0 aromatic heterocycles. The molecule has 3 aliphatic heterocycles.